The first kappa shape index (κ1) is 12.6. The van der Waals surface area contributed by atoms with Crippen molar-refractivity contribution in [2.45, 2.75) is 6.42 Å². The fourth-order valence-electron chi connectivity index (χ4n) is 2.57. The van der Waals surface area contributed by atoms with Gasteiger partial charge in [-0.3, -0.25) is 10.1 Å². The van der Waals surface area contributed by atoms with E-state index in [2.05, 4.69) is 5.10 Å². The van der Waals surface area contributed by atoms with Gasteiger partial charge in [0.05, 0.1) is 16.3 Å². The second-order valence-corrected chi connectivity index (χ2v) is 5.03. The molecule has 0 radical (unpaired) electrons. The molecule has 0 saturated heterocycles. The molecule has 0 bridgehead atoms. The van der Waals surface area contributed by atoms with Gasteiger partial charge in [-0.2, -0.15) is 5.10 Å². The summed E-state index contributed by atoms with van der Waals surface area (Å²) in [7, 11) is 0. The Labute approximate surface area is 126 Å². The zero-order valence-corrected chi connectivity index (χ0v) is 11.5. The minimum atomic E-state index is -0.407. The monoisotopic (exact) mass is 293 g/mol. The fourth-order valence-corrected chi connectivity index (χ4v) is 2.57. The Morgan fingerprint density at radius 2 is 1.91 bits per heavy atom. The van der Waals surface area contributed by atoms with Gasteiger partial charge in [-0.25, -0.2) is 5.01 Å². The van der Waals surface area contributed by atoms with Crippen molar-refractivity contribution in [3.8, 4) is 5.75 Å². The van der Waals surface area contributed by atoms with Gasteiger partial charge in [0.25, 0.3) is 5.69 Å². The lowest BCUT2D eigenvalue weighted by atomic mass is 10.1. The van der Waals surface area contributed by atoms with E-state index in [4.69, 9.17) is 4.74 Å². The summed E-state index contributed by atoms with van der Waals surface area (Å²) in [6.07, 6.45) is 2.33. The Balaban J connectivity index is 1.70. The van der Waals surface area contributed by atoms with Gasteiger partial charge in [0.2, 0.25) is 0 Å². The molecule has 108 valence electrons. The Hall–Kier alpha value is -3.15. The number of fused-ring (bicyclic) bond motifs is 3. The van der Waals surface area contributed by atoms with Gasteiger partial charge in [-0.05, 0) is 29.8 Å². The zero-order chi connectivity index (χ0) is 15.1. The number of nitro groups is 1. The highest BCUT2D eigenvalue weighted by molar-refractivity contribution is 6.05. The molecular weight excluding hydrogens is 282 g/mol. The summed E-state index contributed by atoms with van der Waals surface area (Å²) in [5.41, 5.74) is 3.66. The number of hydrogen-bond donors (Lipinski definition) is 0. The number of hydrazone groups is 1. The number of allylic oxidation sites excluding steroid dienone is 1. The van der Waals surface area contributed by atoms with Crippen LogP contribution in [0.2, 0.25) is 0 Å². The van der Waals surface area contributed by atoms with Crippen LogP contribution in [0.15, 0.2) is 65.6 Å². The summed E-state index contributed by atoms with van der Waals surface area (Å²) in [6, 6.07) is 14.1. The first-order chi connectivity index (χ1) is 10.7. The number of nitrogens with zero attached hydrogens (tertiary/aromatic N) is 3. The Morgan fingerprint density at radius 1 is 1.14 bits per heavy atom. The van der Waals surface area contributed by atoms with Gasteiger partial charge in [0.1, 0.15) is 11.9 Å². The van der Waals surface area contributed by atoms with Crippen molar-refractivity contribution in [1.29, 1.82) is 0 Å². The lowest BCUT2D eigenvalue weighted by Crippen LogP contribution is -2.15. The van der Waals surface area contributed by atoms with E-state index in [0.29, 0.717) is 6.42 Å². The largest absolute Gasteiger partial charge is 0.461 e. The zero-order valence-electron chi connectivity index (χ0n) is 11.5. The van der Waals surface area contributed by atoms with E-state index in [1.54, 1.807) is 18.4 Å². The van der Waals surface area contributed by atoms with Gasteiger partial charge in [0.15, 0.2) is 5.75 Å². The molecule has 6 nitrogen and oxygen atoms in total. The second kappa shape index (κ2) is 4.70. The molecule has 2 aliphatic rings. The highest BCUT2D eigenvalue weighted by atomic mass is 16.6. The minimum Gasteiger partial charge on any atom is -0.461 e. The third-order valence-electron chi connectivity index (χ3n) is 3.67. The van der Waals surface area contributed by atoms with E-state index < -0.39 is 4.92 Å². The number of non-ortho nitro benzene ring substituents is 1. The summed E-state index contributed by atoms with van der Waals surface area (Å²) in [5.74, 6) is 0.764. The van der Waals surface area contributed by atoms with Crippen LogP contribution in [-0.2, 0) is 0 Å². The van der Waals surface area contributed by atoms with E-state index in [0.717, 1.165) is 28.4 Å². The van der Waals surface area contributed by atoms with E-state index in [-0.39, 0.29) is 5.69 Å². The van der Waals surface area contributed by atoms with Crippen molar-refractivity contribution in [1.82, 2.24) is 0 Å². The van der Waals surface area contributed by atoms with Gasteiger partial charge >= 0.3 is 0 Å². The summed E-state index contributed by atoms with van der Waals surface area (Å²) in [6.45, 7) is 0. The first-order valence-corrected chi connectivity index (χ1v) is 6.79. The van der Waals surface area contributed by atoms with Crippen molar-refractivity contribution in [3.63, 3.8) is 0 Å². The maximum absolute atomic E-state index is 10.7. The second-order valence-electron chi connectivity index (χ2n) is 5.03. The lowest BCUT2D eigenvalue weighted by Gasteiger charge is -2.23. The molecule has 2 aliphatic heterocycles. The van der Waals surface area contributed by atoms with Crippen LogP contribution in [0.4, 0.5) is 11.4 Å². The van der Waals surface area contributed by atoms with Crippen LogP contribution in [0.25, 0.3) is 0 Å². The fraction of sp³-hybridized carbons (Fsp3) is 0.0625. The normalized spacial score (nSPS) is 15.4. The van der Waals surface area contributed by atoms with Crippen LogP contribution in [0.3, 0.4) is 0 Å². The topological polar surface area (TPSA) is 68.0 Å². The molecule has 2 aromatic rings. The van der Waals surface area contributed by atoms with Crippen molar-refractivity contribution >= 4 is 17.1 Å². The Bertz CT molecular complexity index is 825. The van der Waals surface area contributed by atoms with Crippen molar-refractivity contribution in [3.05, 3.63) is 76.2 Å². The lowest BCUT2D eigenvalue weighted by molar-refractivity contribution is -0.384. The number of hydrogen-bond acceptors (Lipinski definition) is 5. The van der Waals surface area contributed by atoms with Gasteiger partial charge in [-0.15, -0.1) is 0 Å². The molecule has 4 rings (SSSR count). The van der Waals surface area contributed by atoms with Gasteiger partial charge < -0.3 is 4.74 Å². The highest BCUT2D eigenvalue weighted by Crippen LogP contribution is 2.39. The van der Waals surface area contributed by atoms with E-state index in [9.17, 15) is 10.1 Å². The number of benzene rings is 2. The third-order valence-corrected chi connectivity index (χ3v) is 3.67. The van der Waals surface area contributed by atoms with Gasteiger partial charge in [-0.1, -0.05) is 12.1 Å². The molecule has 0 aliphatic carbocycles. The molecule has 2 aromatic carbocycles. The Kier molecular flexibility index (Phi) is 2.69. The smallest absolute Gasteiger partial charge is 0.269 e. The van der Waals surface area contributed by atoms with Crippen LogP contribution in [0.1, 0.15) is 12.0 Å². The molecule has 0 saturated carbocycles. The quantitative estimate of drug-likeness (QED) is 0.628. The molecule has 0 aromatic heterocycles. The van der Waals surface area contributed by atoms with Crippen LogP contribution in [-0.4, -0.2) is 10.6 Å². The average molecular weight is 293 g/mol. The van der Waals surface area contributed by atoms with Crippen molar-refractivity contribution in [2.75, 3.05) is 5.01 Å². The van der Waals surface area contributed by atoms with Crippen LogP contribution in [0, 0.1) is 10.1 Å². The Morgan fingerprint density at radius 3 is 2.68 bits per heavy atom. The first-order valence-electron chi connectivity index (χ1n) is 6.79. The van der Waals surface area contributed by atoms with Crippen LogP contribution in [0.5, 0.6) is 5.75 Å². The van der Waals surface area contributed by atoms with Crippen LogP contribution >= 0.6 is 0 Å². The maximum atomic E-state index is 10.7. The number of rotatable bonds is 2. The molecule has 0 atom stereocenters. The number of anilines is 1. The van der Waals surface area contributed by atoms with E-state index >= 15 is 0 Å². The standard InChI is InChI=1S/C16H11N3O3/c20-19(21)12-7-5-11(6-8-12)14-9-13-10-22-16-4-2-1-3-15(16)18(13)17-14/h1-8,10H,9H2. The van der Waals surface area contributed by atoms with Crippen LogP contribution < -0.4 is 9.75 Å². The molecule has 0 spiro atoms. The summed E-state index contributed by atoms with van der Waals surface area (Å²) >= 11 is 0. The molecule has 0 N–H and O–H groups in total. The van der Waals surface area contributed by atoms with Crippen molar-refractivity contribution in [2.24, 2.45) is 5.10 Å². The van der Waals surface area contributed by atoms with Crippen molar-refractivity contribution < 1.29 is 9.66 Å². The molecule has 22 heavy (non-hydrogen) atoms. The molecule has 6 heteroatoms. The molecule has 0 unspecified atom stereocenters. The van der Waals surface area contributed by atoms with E-state index in [1.807, 2.05) is 29.3 Å². The predicted molar refractivity (Wildman–Crippen MR) is 81.9 cm³/mol. The summed E-state index contributed by atoms with van der Waals surface area (Å²) in [5, 5.41) is 17.2. The highest BCUT2D eigenvalue weighted by Gasteiger charge is 2.28. The average Bonchev–Trinajstić information content (AvgIpc) is 2.99. The number of para-hydroxylation sites is 2. The maximum Gasteiger partial charge on any atom is 0.269 e. The summed E-state index contributed by atoms with van der Waals surface area (Å²) in [4.78, 5) is 10.3. The molecular formula is C16H11N3O3. The van der Waals surface area contributed by atoms with Gasteiger partial charge in [0, 0.05) is 18.6 Å². The minimum absolute atomic E-state index is 0.0768. The predicted octanol–water partition coefficient (Wildman–Crippen LogP) is 3.44. The number of nitro benzene ring substituents is 1. The third kappa shape index (κ3) is 1.93. The molecule has 0 amide bonds. The van der Waals surface area contributed by atoms with E-state index in [1.165, 1.54) is 12.1 Å². The summed E-state index contributed by atoms with van der Waals surface area (Å²) < 4.78 is 5.61. The molecule has 0 fully saturated rings. The SMILES string of the molecule is O=[N+]([O-])c1ccc(C2=NN3C(=COc4ccccc43)C2)cc1. The number of ether oxygens (including phenoxy) is 1. The molecule has 2 heterocycles.